The Bertz CT molecular complexity index is 1440. The van der Waals surface area contributed by atoms with Crippen molar-refractivity contribution in [2.24, 2.45) is 0 Å². The van der Waals surface area contributed by atoms with Crippen molar-refractivity contribution in [2.45, 2.75) is 4.90 Å². The van der Waals surface area contributed by atoms with Gasteiger partial charge in [-0.3, -0.25) is 4.98 Å². The molecule has 8 nitrogen and oxygen atoms in total. The second-order valence-electron chi connectivity index (χ2n) is 8.22. The van der Waals surface area contributed by atoms with Crippen LogP contribution < -0.4 is 5.32 Å². The molecule has 182 valence electrons. The van der Waals surface area contributed by atoms with Crippen LogP contribution in [0.3, 0.4) is 0 Å². The van der Waals surface area contributed by atoms with Gasteiger partial charge in [-0.25, -0.2) is 13.9 Å². The lowest BCUT2D eigenvalue weighted by atomic mass is 10.0. The topological polar surface area (TPSA) is 112 Å². The molecule has 0 atom stereocenters. The van der Waals surface area contributed by atoms with Gasteiger partial charge < -0.3 is 20.3 Å². The third-order valence-electron chi connectivity index (χ3n) is 5.91. The van der Waals surface area contributed by atoms with Gasteiger partial charge in [0.1, 0.15) is 0 Å². The molecule has 0 bridgehead atoms. The van der Waals surface area contributed by atoms with E-state index in [4.69, 9.17) is 4.74 Å². The van der Waals surface area contributed by atoms with E-state index in [1.807, 2.05) is 18.2 Å². The molecule has 4 aromatic rings. The molecular weight excluding hydrogens is 478 g/mol. The number of anilines is 2. The Balaban J connectivity index is 1.62. The van der Waals surface area contributed by atoms with Gasteiger partial charge in [0.2, 0.25) is 0 Å². The number of benzene rings is 3. The fraction of sp³-hybridized carbons (Fsp3) is 0.148. The predicted molar refractivity (Wildman–Crippen MR) is 139 cm³/mol. The van der Waals surface area contributed by atoms with Gasteiger partial charge in [0.05, 0.1) is 46.1 Å². The monoisotopic (exact) mass is 501 g/mol. The first-order chi connectivity index (χ1) is 17.5. The van der Waals surface area contributed by atoms with Crippen LogP contribution in [-0.2, 0) is 4.74 Å². The maximum absolute atomic E-state index is 11.9. The molecule has 3 N–H and O–H groups in total. The summed E-state index contributed by atoms with van der Waals surface area (Å²) in [5.41, 5.74) is 4.15. The van der Waals surface area contributed by atoms with Crippen molar-refractivity contribution in [1.82, 2.24) is 9.29 Å². The number of para-hydroxylation sites is 1. The van der Waals surface area contributed by atoms with Gasteiger partial charge in [-0.2, -0.15) is 0 Å². The number of fused-ring (bicyclic) bond motifs is 1. The van der Waals surface area contributed by atoms with Crippen molar-refractivity contribution in [3.8, 4) is 11.1 Å². The zero-order chi connectivity index (χ0) is 25.1. The average molecular weight is 502 g/mol. The molecular formula is C27H23N3O5S. The number of carboxylic acid groups (broad SMARTS) is 2. The van der Waals surface area contributed by atoms with Crippen LogP contribution in [0.25, 0.3) is 22.0 Å². The highest BCUT2D eigenvalue weighted by Gasteiger charge is 2.19. The van der Waals surface area contributed by atoms with E-state index in [1.165, 1.54) is 0 Å². The van der Waals surface area contributed by atoms with E-state index >= 15 is 0 Å². The van der Waals surface area contributed by atoms with Crippen LogP contribution in [0.5, 0.6) is 0 Å². The Morgan fingerprint density at radius 1 is 0.917 bits per heavy atom. The normalized spacial score (nSPS) is 14.0. The van der Waals surface area contributed by atoms with Crippen molar-refractivity contribution in [2.75, 3.05) is 31.6 Å². The summed E-state index contributed by atoms with van der Waals surface area (Å²) in [5, 5.41) is 23.1. The molecule has 0 amide bonds. The van der Waals surface area contributed by atoms with Crippen LogP contribution >= 0.6 is 11.9 Å². The zero-order valence-corrected chi connectivity index (χ0v) is 20.0. The number of carbonyl (C=O) groups is 2. The van der Waals surface area contributed by atoms with Crippen LogP contribution in [0.15, 0.2) is 77.8 Å². The molecule has 1 fully saturated rings. The number of morpholine rings is 1. The lowest BCUT2D eigenvalue weighted by Gasteiger charge is -2.26. The third kappa shape index (κ3) is 5.03. The first-order valence-electron chi connectivity index (χ1n) is 11.4. The summed E-state index contributed by atoms with van der Waals surface area (Å²) in [4.78, 5) is 28.6. The quantitative estimate of drug-likeness (QED) is 0.287. The van der Waals surface area contributed by atoms with Crippen LogP contribution in [0.2, 0.25) is 0 Å². The number of hydrogen-bond donors (Lipinski definition) is 3. The minimum atomic E-state index is -1.02. The number of carboxylic acids is 2. The standard InChI is InChI=1S/C27H23N3O5S/c31-26(32)18-7-5-17(6-8-18)19-9-10-22-21(15-19)25(29-23-4-2-1-3-20(23)27(33)34)24(16-28-22)36-30-11-13-35-14-12-30/h1-10,15-16H,11-14H2,(H,28,29)(H,31,32)(H,33,34). The van der Waals surface area contributed by atoms with Gasteiger partial charge in [-0.15, -0.1) is 0 Å². The molecule has 1 aliphatic heterocycles. The minimum Gasteiger partial charge on any atom is -0.478 e. The largest absolute Gasteiger partial charge is 0.478 e. The molecule has 1 aliphatic rings. The Kier molecular flexibility index (Phi) is 6.86. The van der Waals surface area contributed by atoms with Crippen molar-refractivity contribution >= 4 is 46.2 Å². The summed E-state index contributed by atoms with van der Waals surface area (Å²) in [7, 11) is 0. The summed E-state index contributed by atoms with van der Waals surface area (Å²) in [6, 6.07) is 19.3. The fourth-order valence-electron chi connectivity index (χ4n) is 4.05. The van der Waals surface area contributed by atoms with Gasteiger partial charge in [-0.05, 0) is 59.5 Å². The summed E-state index contributed by atoms with van der Waals surface area (Å²) in [6.45, 7) is 2.83. The van der Waals surface area contributed by atoms with Crippen LogP contribution in [0, 0.1) is 0 Å². The van der Waals surface area contributed by atoms with Crippen molar-refractivity contribution < 1.29 is 24.5 Å². The smallest absolute Gasteiger partial charge is 0.337 e. The summed E-state index contributed by atoms with van der Waals surface area (Å²) < 4.78 is 7.68. The van der Waals surface area contributed by atoms with Crippen molar-refractivity contribution in [1.29, 1.82) is 0 Å². The Morgan fingerprint density at radius 2 is 1.64 bits per heavy atom. The Hall–Kier alpha value is -3.92. The minimum absolute atomic E-state index is 0.171. The highest BCUT2D eigenvalue weighted by molar-refractivity contribution is 7.97. The van der Waals surface area contributed by atoms with Crippen LogP contribution in [0.1, 0.15) is 20.7 Å². The number of nitrogens with one attached hydrogen (secondary N) is 1. The lowest BCUT2D eigenvalue weighted by molar-refractivity contribution is 0.0686. The molecule has 1 aromatic heterocycles. The van der Waals surface area contributed by atoms with Gasteiger partial charge in [0.25, 0.3) is 0 Å². The maximum Gasteiger partial charge on any atom is 0.337 e. The highest BCUT2D eigenvalue weighted by Crippen LogP contribution is 2.39. The number of rotatable bonds is 7. The summed E-state index contributed by atoms with van der Waals surface area (Å²) in [6.07, 6.45) is 1.80. The number of aromatic nitrogens is 1. The molecule has 0 aliphatic carbocycles. The zero-order valence-electron chi connectivity index (χ0n) is 19.2. The fourth-order valence-corrected chi connectivity index (χ4v) is 5.01. The highest BCUT2D eigenvalue weighted by atomic mass is 32.2. The second kappa shape index (κ2) is 10.4. The molecule has 2 heterocycles. The molecule has 0 spiro atoms. The van der Waals surface area contributed by atoms with Crippen LogP contribution in [-0.4, -0.2) is 57.7 Å². The van der Waals surface area contributed by atoms with Gasteiger partial charge in [-0.1, -0.05) is 30.3 Å². The van der Waals surface area contributed by atoms with Gasteiger partial charge in [0.15, 0.2) is 0 Å². The van der Waals surface area contributed by atoms with E-state index in [0.29, 0.717) is 18.9 Å². The summed E-state index contributed by atoms with van der Waals surface area (Å²) in [5.74, 6) is -1.99. The molecule has 0 radical (unpaired) electrons. The molecule has 0 saturated carbocycles. The maximum atomic E-state index is 11.9. The van der Waals surface area contributed by atoms with E-state index in [0.717, 1.165) is 45.7 Å². The van der Waals surface area contributed by atoms with Gasteiger partial charge in [0, 0.05) is 24.7 Å². The van der Waals surface area contributed by atoms with E-state index in [2.05, 4.69) is 14.6 Å². The van der Waals surface area contributed by atoms with E-state index < -0.39 is 11.9 Å². The van der Waals surface area contributed by atoms with Gasteiger partial charge >= 0.3 is 11.9 Å². The number of hydrogen-bond acceptors (Lipinski definition) is 7. The van der Waals surface area contributed by atoms with E-state index in [1.54, 1.807) is 66.7 Å². The first-order valence-corrected chi connectivity index (χ1v) is 12.1. The van der Waals surface area contributed by atoms with Crippen molar-refractivity contribution in [3.63, 3.8) is 0 Å². The summed E-state index contributed by atoms with van der Waals surface area (Å²) >= 11 is 1.56. The average Bonchev–Trinajstić information content (AvgIpc) is 2.90. The SMILES string of the molecule is O=C(O)c1ccc(-c2ccc3ncc(SN4CCOCC4)c(Nc4ccccc4C(=O)O)c3c2)cc1. The van der Waals surface area contributed by atoms with Crippen molar-refractivity contribution in [3.05, 3.63) is 84.1 Å². The van der Waals surface area contributed by atoms with E-state index in [9.17, 15) is 19.8 Å². The number of aromatic carboxylic acids is 2. The predicted octanol–water partition coefficient (Wildman–Crippen LogP) is 5.38. The molecule has 5 rings (SSSR count). The second-order valence-corrected chi connectivity index (χ2v) is 9.36. The number of nitrogens with zero attached hydrogens (tertiary/aromatic N) is 2. The van der Waals surface area contributed by atoms with Crippen LogP contribution in [0.4, 0.5) is 11.4 Å². The first kappa shape index (κ1) is 23.8. The number of pyridine rings is 1. The third-order valence-corrected chi connectivity index (χ3v) is 7.04. The molecule has 1 saturated heterocycles. The Labute approximate surface area is 211 Å². The molecule has 3 aromatic carbocycles. The molecule has 36 heavy (non-hydrogen) atoms. The molecule has 9 heteroatoms. The van der Waals surface area contributed by atoms with E-state index in [-0.39, 0.29) is 11.1 Å². The lowest BCUT2D eigenvalue weighted by Crippen LogP contribution is -2.31. The number of ether oxygens (including phenoxy) is 1. The molecule has 0 unspecified atom stereocenters. The Morgan fingerprint density at radius 3 is 2.36 bits per heavy atom.